The number of alkyl halides is 1. The van der Waals surface area contributed by atoms with Crippen LogP contribution < -0.4 is 5.32 Å². The molecule has 72 valence electrons. The Bertz CT molecular complexity index is 130. The quantitative estimate of drug-likeness (QED) is 0.727. The molecule has 0 aromatic rings. The molecule has 0 radical (unpaired) electrons. The topological polar surface area (TPSA) is 32.3 Å². The fraction of sp³-hybridized carbons (Fsp3) is 0.875. The molecule has 0 aliphatic rings. The molecule has 0 rings (SSSR count). The molecule has 0 aromatic carbocycles. The Morgan fingerprint density at radius 3 is 2.75 bits per heavy atom. The average Bonchev–Trinajstić information content (AvgIpc) is 2.10. The fourth-order valence-electron chi connectivity index (χ4n) is 0.765. The molecule has 12 heavy (non-hydrogen) atoms. The Balaban J connectivity index is 3.47. The summed E-state index contributed by atoms with van der Waals surface area (Å²) < 4.78 is 0. The predicted octanol–water partition coefficient (Wildman–Crippen LogP) is 1.82. The van der Waals surface area contributed by atoms with Gasteiger partial charge >= 0.3 is 6.03 Å². The largest absolute Gasteiger partial charge is 0.338 e. The number of carbonyl (C=O) groups excluding carboxylic acids is 1. The maximum absolute atomic E-state index is 11.2. The minimum Gasteiger partial charge on any atom is -0.338 e. The van der Waals surface area contributed by atoms with E-state index in [9.17, 15) is 4.79 Å². The number of rotatable bonds is 5. The lowest BCUT2D eigenvalue weighted by Gasteiger charge is -2.16. The summed E-state index contributed by atoms with van der Waals surface area (Å²) in [5.41, 5.74) is 0. The first-order valence-electron chi connectivity index (χ1n) is 4.27. The third kappa shape index (κ3) is 5.41. The molecule has 0 fully saturated rings. The molecule has 0 aliphatic heterocycles. The van der Waals surface area contributed by atoms with E-state index in [4.69, 9.17) is 0 Å². The van der Waals surface area contributed by atoms with Gasteiger partial charge in [0.1, 0.15) is 0 Å². The third-order valence-electron chi connectivity index (χ3n) is 1.50. The standard InChI is InChI=1S/C8H17BrN2O/c1-3-6-10-8(12)11(2)7-4-5-9/h3-7H2,1-2H3,(H,10,12). The van der Waals surface area contributed by atoms with Crippen molar-refractivity contribution in [1.82, 2.24) is 10.2 Å². The van der Waals surface area contributed by atoms with E-state index in [1.807, 2.05) is 14.0 Å². The van der Waals surface area contributed by atoms with Gasteiger partial charge in [0.05, 0.1) is 0 Å². The van der Waals surface area contributed by atoms with Gasteiger partial charge in [0, 0.05) is 25.5 Å². The van der Waals surface area contributed by atoms with Crippen molar-refractivity contribution < 1.29 is 4.79 Å². The highest BCUT2D eigenvalue weighted by Crippen LogP contribution is 1.92. The van der Waals surface area contributed by atoms with Crippen LogP contribution in [0.1, 0.15) is 19.8 Å². The van der Waals surface area contributed by atoms with E-state index in [0.717, 1.165) is 31.3 Å². The van der Waals surface area contributed by atoms with E-state index < -0.39 is 0 Å². The number of nitrogens with zero attached hydrogens (tertiary/aromatic N) is 1. The molecule has 0 saturated heterocycles. The summed E-state index contributed by atoms with van der Waals surface area (Å²) in [6.45, 7) is 3.61. The number of hydrogen-bond donors (Lipinski definition) is 1. The third-order valence-corrected chi connectivity index (χ3v) is 2.06. The van der Waals surface area contributed by atoms with Crippen LogP contribution >= 0.6 is 15.9 Å². The summed E-state index contributed by atoms with van der Waals surface area (Å²) in [5.74, 6) is 0. The van der Waals surface area contributed by atoms with Crippen LogP contribution in [0.4, 0.5) is 4.79 Å². The summed E-state index contributed by atoms with van der Waals surface area (Å²) in [7, 11) is 1.81. The van der Waals surface area contributed by atoms with Crippen molar-refractivity contribution in [2.75, 3.05) is 25.5 Å². The SMILES string of the molecule is CCCNC(=O)N(C)CCCBr. The van der Waals surface area contributed by atoms with Crippen LogP contribution in [0.3, 0.4) is 0 Å². The lowest BCUT2D eigenvalue weighted by molar-refractivity contribution is 0.209. The van der Waals surface area contributed by atoms with Gasteiger partial charge in [-0.3, -0.25) is 0 Å². The van der Waals surface area contributed by atoms with Crippen molar-refractivity contribution in [2.45, 2.75) is 19.8 Å². The molecule has 0 aliphatic carbocycles. The van der Waals surface area contributed by atoms with Crippen LogP contribution in [0.15, 0.2) is 0 Å². The molecule has 0 saturated carbocycles. The highest BCUT2D eigenvalue weighted by atomic mass is 79.9. The summed E-state index contributed by atoms with van der Waals surface area (Å²) in [4.78, 5) is 12.9. The first kappa shape index (κ1) is 11.8. The first-order valence-corrected chi connectivity index (χ1v) is 5.39. The zero-order chi connectivity index (χ0) is 9.40. The Kier molecular flexibility index (Phi) is 7.25. The number of carbonyl (C=O) groups is 1. The number of nitrogens with one attached hydrogen (secondary N) is 1. The van der Waals surface area contributed by atoms with Gasteiger partial charge in [-0.1, -0.05) is 22.9 Å². The Morgan fingerprint density at radius 1 is 1.58 bits per heavy atom. The van der Waals surface area contributed by atoms with Crippen molar-refractivity contribution >= 4 is 22.0 Å². The van der Waals surface area contributed by atoms with Crippen LogP contribution in [0.5, 0.6) is 0 Å². The van der Waals surface area contributed by atoms with E-state index >= 15 is 0 Å². The Morgan fingerprint density at radius 2 is 2.25 bits per heavy atom. The molecule has 0 atom stereocenters. The summed E-state index contributed by atoms with van der Waals surface area (Å²) >= 11 is 3.32. The minimum atomic E-state index is 0.0257. The van der Waals surface area contributed by atoms with E-state index in [2.05, 4.69) is 21.2 Å². The lowest BCUT2D eigenvalue weighted by Crippen LogP contribution is -2.38. The Labute approximate surface area is 82.6 Å². The lowest BCUT2D eigenvalue weighted by atomic mass is 10.4. The van der Waals surface area contributed by atoms with Gasteiger partial charge in [0.25, 0.3) is 0 Å². The molecular weight excluding hydrogens is 220 g/mol. The first-order chi connectivity index (χ1) is 5.72. The zero-order valence-electron chi connectivity index (χ0n) is 7.77. The van der Waals surface area contributed by atoms with E-state index in [1.54, 1.807) is 4.90 Å². The van der Waals surface area contributed by atoms with Crippen molar-refractivity contribution in [1.29, 1.82) is 0 Å². The molecule has 0 spiro atoms. The van der Waals surface area contributed by atoms with Gasteiger partial charge in [-0.2, -0.15) is 0 Å². The number of halogens is 1. The van der Waals surface area contributed by atoms with E-state index in [-0.39, 0.29) is 6.03 Å². The smallest absolute Gasteiger partial charge is 0.317 e. The van der Waals surface area contributed by atoms with Gasteiger partial charge in [-0.25, -0.2) is 4.79 Å². The number of hydrogen-bond acceptors (Lipinski definition) is 1. The summed E-state index contributed by atoms with van der Waals surface area (Å²) in [5, 5.41) is 3.76. The second-order valence-electron chi connectivity index (χ2n) is 2.70. The van der Waals surface area contributed by atoms with Crippen LogP contribution in [0.2, 0.25) is 0 Å². The molecule has 0 bridgehead atoms. The van der Waals surface area contributed by atoms with Crippen molar-refractivity contribution in [3.63, 3.8) is 0 Å². The fourth-order valence-corrected chi connectivity index (χ4v) is 1.02. The number of amides is 2. The summed E-state index contributed by atoms with van der Waals surface area (Å²) in [6.07, 6.45) is 1.98. The molecule has 0 heterocycles. The zero-order valence-corrected chi connectivity index (χ0v) is 9.35. The minimum absolute atomic E-state index is 0.0257. The molecular formula is C8H17BrN2O. The molecule has 4 heteroatoms. The second-order valence-corrected chi connectivity index (χ2v) is 3.49. The normalized spacial score (nSPS) is 9.58. The van der Waals surface area contributed by atoms with Gasteiger partial charge in [0.15, 0.2) is 0 Å². The Hall–Kier alpha value is -0.250. The molecule has 0 unspecified atom stereocenters. The highest BCUT2D eigenvalue weighted by Gasteiger charge is 2.04. The monoisotopic (exact) mass is 236 g/mol. The van der Waals surface area contributed by atoms with Crippen LogP contribution in [-0.2, 0) is 0 Å². The van der Waals surface area contributed by atoms with Crippen molar-refractivity contribution in [3.8, 4) is 0 Å². The van der Waals surface area contributed by atoms with Crippen molar-refractivity contribution in [2.24, 2.45) is 0 Å². The van der Waals surface area contributed by atoms with Crippen molar-refractivity contribution in [3.05, 3.63) is 0 Å². The van der Waals surface area contributed by atoms with Crippen LogP contribution in [0, 0.1) is 0 Å². The highest BCUT2D eigenvalue weighted by molar-refractivity contribution is 9.09. The van der Waals surface area contributed by atoms with Gasteiger partial charge in [-0.15, -0.1) is 0 Å². The maximum Gasteiger partial charge on any atom is 0.317 e. The molecule has 1 N–H and O–H groups in total. The van der Waals surface area contributed by atoms with E-state index in [1.165, 1.54) is 0 Å². The van der Waals surface area contributed by atoms with E-state index in [0.29, 0.717) is 0 Å². The van der Waals surface area contributed by atoms with Gasteiger partial charge in [-0.05, 0) is 12.8 Å². The van der Waals surface area contributed by atoms with Crippen LogP contribution in [0.25, 0.3) is 0 Å². The molecule has 0 aromatic heterocycles. The predicted molar refractivity (Wildman–Crippen MR) is 54.7 cm³/mol. The maximum atomic E-state index is 11.2. The molecule has 2 amide bonds. The second kappa shape index (κ2) is 7.40. The van der Waals surface area contributed by atoms with Gasteiger partial charge in [0.2, 0.25) is 0 Å². The average molecular weight is 237 g/mol. The van der Waals surface area contributed by atoms with Crippen LogP contribution in [-0.4, -0.2) is 36.4 Å². The van der Waals surface area contributed by atoms with Gasteiger partial charge < -0.3 is 10.2 Å². The number of urea groups is 1. The molecule has 3 nitrogen and oxygen atoms in total. The summed E-state index contributed by atoms with van der Waals surface area (Å²) in [6, 6.07) is 0.0257.